The topological polar surface area (TPSA) is 81.4 Å². The molecule has 0 atom stereocenters. The zero-order valence-corrected chi connectivity index (χ0v) is 11.4. The Morgan fingerprint density at radius 3 is 2.68 bits per heavy atom. The smallest absolute Gasteiger partial charge is 0.338 e. The first-order chi connectivity index (χ1) is 9.10. The fourth-order valence-corrected chi connectivity index (χ4v) is 1.74. The summed E-state index contributed by atoms with van der Waals surface area (Å²) in [7, 11) is 1.33. The number of ether oxygens (including phenoxy) is 1. The number of rotatable bonds is 6. The maximum absolute atomic E-state index is 11.7. The standard InChI is InChI=1S/C14H20N2O3/c1-10-11(14(18)19-2)6-5-7-12(10)16-13(17)8-3-4-9-15/h5-7H,3-4,8-9,15H2,1-2H3,(H,16,17). The van der Waals surface area contributed by atoms with Crippen LogP contribution < -0.4 is 11.1 Å². The second-order valence-corrected chi connectivity index (χ2v) is 4.26. The van der Waals surface area contributed by atoms with E-state index in [4.69, 9.17) is 10.5 Å². The summed E-state index contributed by atoms with van der Waals surface area (Å²) >= 11 is 0. The number of nitrogens with one attached hydrogen (secondary N) is 1. The first-order valence-electron chi connectivity index (χ1n) is 6.28. The molecule has 0 bridgehead atoms. The number of benzene rings is 1. The zero-order valence-electron chi connectivity index (χ0n) is 11.4. The molecule has 0 fully saturated rings. The van der Waals surface area contributed by atoms with Gasteiger partial charge < -0.3 is 15.8 Å². The van der Waals surface area contributed by atoms with E-state index in [9.17, 15) is 9.59 Å². The normalized spacial score (nSPS) is 10.1. The van der Waals surface area contributed by atoms with Crippen LogP contribution >= 0.6 is 0 Å². The molecule has 0 saturated carbocycles. The molecule has 1 aromatic carbocycles. The quantitative estimate of drug-likeness (QED) is 0.607. The Kier molecular flexibility index (Phi) is 6.02. The molecule has 19 heavy (non-hydrogen) atoms. The number of anilines is 1. The van der Waals surface area contributed by atoms with Gasteiger partial charge in [0.2, 0.25) is 5.91 Å². The van der Waals surface area contributed by atoms with Crippen molar-refractivity contribution in [2.24, 2.45) is 5.73 Å². The number of hydrogen-bond donors (Lipinski definition) is 2. The third kappa shape index (κ3) is 4.37. The van der Waals surface area contributed by atoms with Gasteiger partial charge in [-0.1, -0.05) is 6.07 Å². The number of unbranched alkanes of at least 4 members (excludes halogenated alkanes) is 1. The highest BCUT2D eigenvalue weighted by molar-refractivity contribution is 5.96. The van der Waals surface area contributed by atoms with Crippen molar-refractivity contribution in [3.05, 3.63) is 29.3 Å². The van der Waals surface area contributed by atoms with Gasteiger partial charge in [-0.25, -0.2) is 4.79 Å². The van der Waals surface area contributed by atoms with E-state index < -0.39 is 5.97 Å². The Hall–Kier alpha value is -1.88. The Balaban J connectivity index is 2.73. The lowest BCUT2D eigenvalue weighted by molar-refractivity contribution is -0.116. The maximum atomic E-state index is 11.7. The molecule has 1 aromatic rings. The minimum Gasteiger partial charge on any atom is -0.465 e. The summed E-state index contributed by atoms with van der Waals surface area (Å²) in [5.41, 5.74) is 7.19. The van der Waals surface area contributed by atoms with Crippen LogP contribution in [0, 0.1) is 6.92 Å². The van der Waals surface area contributed by atoms with E-state index in [0.717, 1.165) is 12.8 Å². The first kappa shape index (κ1) is 15.2. The number of amides is 1. The van der Waals surface area contributed by atoms with E-state index in [-0.39, 0.29) is 5.91 Å². The van der Waals surface area contributed by atoms with E-state index in [1.807, 2.05) is 0 Å². The monoisotopic (exact) mass is 264 g/mol. The average molecular weight is 264 g/mol. The number of esters is 1. The average Bonchev–Trinajstić information content (AvgIpc) is 2.40. The molecule has 1 amide bonds. The molecule has 0 saturated heterocycles. The molecule has 3 N–H and O–H groups in total. The van der Waals surface area contributed by atoms with Gasteiger partial charge in [-0.2, -0.15) is 0 Å². The molecule has 0 radical (unpaired) electrons. The largest absolute Gasteiger partial charge is 0.465 e. The van der Waals surface area contributed by atoms with Gasteiger partial charge in [0.05, 0.1) is 12.7 Å². The van der Waals surface area contributed by atoms with E-state index in [2.05, 4.69) is 5.32 Å². The number of carbonyl (C=O) groups excluding carboxylic acids is 2. The van der Waals surface area contributed by atoms with Gasteiger partial charge in [0.15, 0.2) is 0 Å². The molecule has 0 heterocycles. The minimum atomic E-state index is -0.406. The van der Waals surface area contributed by atoms with Crippen LogP contribution in [-0.2, 0) is 9.53 Å². The molecule has 0 unspecified atom stereocenters. The van der Waals surface area contributed by atoms with Crippen LogP contribution in [0.5, 0.6) is 0 Å². The second-order valence-electron chi connectivity index (χ2n) is 4.26. The zero-order chi connectivity index (χ0) is 14.3. The van der Waals surface area contributed by atoms with Gasteiger partial charge in [0, 0.05) is 12.1 Å². The van der Waals surface area contributed by atoms with Crippen molar-refractivity contribution >= 4 is 17.6 Å². The van der Waals surface area contributed by atoms with E-state index in [0.29, 0.717) is 29.8 Å². The lowest BCUT2D eigenvalue weighted by Crippen LogP contribution is -2.14. The number of methoxy groups -OCH3 is 1. The fourth-order valence-electron chi connectivity index (χ4n) is 1.74. The number of hydrogen-bond acceptors (Lipinski definition) is 4. The SMILES string of the molecule is COC(=O)c1cccc(NC(=O)CCCCN)c1C. The Labute approximate surface area is 113 Å². The molecule has 5 heteroatoms. The summed E-state index contributed by atoms with van der Waals surface area (Å²) in [4.78, 5) is 23.3. The number of nitrogens with two attached hydrogens (primary N) is 1. The molecule has 0 aromatic heterocycles. The van der Waals surface area contributed by atoms with Crippen molar-refractivity contribution in [1.29, 1.82) is 0 Å². The molecular formula is C14H20N2O3. The molecule has 104 valence electrons. The van der Waals surface area contributed by atoms with Crippen LogP contribution in [0.2, 0.25) is 0 Å². The Morgan fingerprint density at radius 2 is 2.05 bits per heavy atom. The Bertz CT molecular complexity index is 458. The van der Waals surface area contributed by atoms with Crippen molar-refractivity contribution in [3.8, 4) is 0 Å². The van der Waals surface area contributed by atoms with E-state index in [1.165, 1.54) is 7.11 Å². The van der Waals surface area contributed by atoms with Crippen LogP contribution in [0.1, 0.15) is 35.2 Å². The van der Waals surface area contributed by atoms with E-state index in [1.54, 1.807) is 25.1 Å². The highest BCUT2D eigenvalue weighted by Gasteiger charge is 2.13. The molecule has 0 aliphatic carbocycles. The van der Waals surface area contributed by atoms with E-state index >= 15 is 0 Å². The van der Waals surface area contributed by atoms with Crippen molar-refractivity contribution in [2.45, 2.75) is 26.2 Å². The van der Waals surface area contributed by atoms with Gasteiger partial charge in [0.1, 0.15) is 0 Å². The fraction of sp³-hybridized carbons (Fsp3) is 0.429. The van der Waals surface area contributed by atoms with Crippen LogP contribution in [0.15, 0.2) is 18.2 Å². The van der Waals surface area contributed by atoms with Gasteiger partial charge in [-0.15, -0.1) is 0 Å². The van der Waals surface area contributed by atoms with Gasteiger partial charge in [-0.3, -0.25) is 4.79 Å². The van der Waals surface area contributed by atoms with Crippen LogP contribution in [0.25, 0.3) is 0 Å². The third-order valence-electron chi connectivity index (χ3n) is 2.87. The number of carbonyl (C=O) groups is 2. The molecular weight excluding hydrogens is 244 g/mol. The lowest BCUT2D eigenvalue weighted by Gasteiger charge is -2.11. The van der Waals surface area contributed by atoms with Crippen molar-refractivity contribution < 1.29 is 14.3 Å². The van der Waals surface area contributed by atoms with Crippen molar-refractivity contribution in [1.82, 2.24) is 0 Å². The van der Waals surface area contributed by atoms with Gasteiger partial charge in [-0.05, 0) is 44.0 Å². The van der Waals surface area contributed by atoms with Crippen molar-refractivity contribution in [3.63, 3.8) is 0 Å². The van der Waals surface area contributed by atoms with Gasteiger partial charge in [0.25, 0.3) is 0 Å². The first-order valence-corrected chi connectivity index (χ1v) is 6.28. The minimum absolute atomic E-state index is 0.0708. The third-order valence-corrected chi connectivity index (χ3v) is 2.87. The summed E-state index contributed by atoms with van der Waals surface area (Å²) in [6, 6.07) is 5.16. The van der Waals surface area contributed by atoms with Crippen molar-refractivity contribution in [2.75, 3.05) is 19.0 Å². The molecule has 0 aliphatic rings. The summed E-state index contributed by atoms with van der Waals surface area (Å²) in [5, 5.41) is 2.80. The van der Waals surface area contributed by atoms with Crippen LogP contribution in [-0.4, -0.2) is 25.5 Å². The predicted molar refractivity (Wildman–Crippen MR) is 74.1 cm³/mol. The maximum Gasteiger partial charge on any atom is 0.338 e. The lowest BCUT2D eigenvalue weighted by atomic mass is 10.1. The van der Waals surface area contributed by atoms with Crippen LogP contribution in [0.3, 0.4) is 0 Å². The van der Waals surface area contributed by atoms with Crippen LogP contribution in [0.4, 0.5) is 5.69 Å². The summed E-state index contributed by atoms with van der Waals surface area (Å²) in [5.74, 6) is -0.477. The molecule has 5 nitrogen and oxygen atoms in total. The summed E-state index contributed by atoms with van der Waals surface area (Å²) < 4.78 is 4.69. The molecule has 0 aliphatic heterocycles. The highest BCUT2D eigenvalue weighted by Crippen LogP contribution is 2.20. The summed E-state index contributed by atoms with van der Waals surface area (Å²) in [6.07, 6.45) is 2.02. The molecule has 1 rings (SSSR count). The molecule has 0 spiro atoms. The highest BCUT2D eigenvalue weighted by atomic mass is 16.5. The summed E-state index contributed by atoms with van der Waals surface area (Å²) in [6.45, 7) is 2.37. The Morgan fingerprint density at radius 1 is 1.32 bits per heavy atom. The predicted octanol–water partition coefficient (Wildman–Crippen LogP) is 1.85. The van der Waals surface area contributed by atoms with Gasteiger partial charge >= 0.3 is 5.97 Å². The second kappa shape index (κ2) is 7.53.